The molecule has 1 aliphatic heterocycles. The summed E-state index contributed by atoms with van der Waals surface area (Å²) in [5.74, 6) is -6.84. The highest BCUT2D eigenvalue weighted by atomic mass is 28.4. The molecule has 2 saturated carbocycles. The Morgan fingerprint density at radius 1 is 0.806 bits per heavy atom. The summed E-state index contributed by atoms with van der Waals surface area (Å²) in [5, 5.41) is 40.2. The number of aliphatic hydroxyl groups excluding tert-OH is 2. The predicted molar refractivity (Wildman–Crippen MR) is 232 cm³/mol. The summed E-state index contributed by atoms with van der Waals surface area (Å²) in [6.45, 7) is 7.97. The third-order valence-corrected chi connectivity index (χ3v) is 13.5. The van der Waals surface area contributed by atoms with E-state index in [1.54, 1.807) is 92.7 Å². The number of amides is 1. The van der Waals surface area contributed by atoms with Crippen molar-refractivity contribution in [1.29, 1.82) is 0 Å². The minimum atomic E-state index is -4.61. The summed E-state index contributed by atoms with van der Waals surface area (Å²) in [5.41, 5.74) is -7.02. The van der Waals surface area contributed by atoms with Crippen molar-refractivity contribution in [2.45, 2.75) is 108 Å². The highest BCUT2D eigenvalue weighted by Crippen LogP contribution is 2.64. The van der Waals surface area contributed by atoms with Gasteiger partial charge in [0, 0.05) is 37.7 Å². The van der Waals surface area contributed by atoms with Gasteiger partial charge in [0.2, 0.25) is 0 Å². The first-order valence-corrected chi connectivity index (χ1v) is 23.2. The van der Waals surface area contributed by atoms with Gasteiger partial charge >= 0.3 is 32.9 Å². The van der Waals surface area contributed by atoms with Crippen molar-refractivity contribution in [3.63, 3.8) is 0 Å². The molecule has 4 aliphatic rings. The fraction of sp³-hybridized carbons (Fsp3) is 0.447. The molecule has 3 fully saturated rings. The number of Topliss-reactive ketones (excluding diaryl/α,β-unsaturated/α-hetero) is 1. The molecule has 0 aromatic heterocycles. The number of aliphatic hydroxyl groups is 3. The first kappa shape index (κ1) is 50.7. The lowest BCUT2D eigenvalue weighted by molar-refractivity contribution is -0.346. The molecule has 1 amide bonds. The van der Waals surface area contributed by atoms with Gasteiger partial charge in [0.05, 0.1) is 35.6 Å². The van der Waals surface area contributed by atoms with E-state index >= 15 is 4.79 Å². The quantitative estimate of drug-likeness (QED) is 0.0611. The van der Waals surface area contributed by atoms with Crippen LogP contribution in [0.15, 0.2) is 102 Å². The number of benzene rings is 3. The molecule has 67 heavy (non-hydrogen) atoms. The van der Waals surface area contributed by atoms with E-state index in [0.29, 0.717) is 5.56 Å². The number of carbonyl (C=O) groups is 6. The molecule has 20 heteroatoms. The standard InChI is InChI=1S/C47H51NO14.H4O4Si/c1-25-31(60-43(56)36(52)35(28-16-10-7-11-17-28)48-41(54)29-18-12-8-13-19-29)23-47(57)40(61-42(55)30-20-14-9-15-21-30)38-45(6,32(51)22-33-46(38,24-58-33)62-27(3)50)39(53)37(59-26(2)49)34(25)44(47,4)5;1-5(2,3)4/h7-21,31-33,35-38,40,51-52,57H,22-24H2,1-6H3,(H,48,54);1-4H/t31-,32-,33+,35-,36+,37+,38-,40-,45+,46-,47+;/m0./s1. The number of nitrogens with one attached hydrogen (secondary N) is 1. The molecule has 3 aromatic rings. The third kappa shape index (κ3) is 9.71. The van der Waals surface area contributed by atoms with Gasteiger partial charge in [-0.1, -0.05) is 80.6 Å². The van der Waals surface area contributed by atoms with Gasteiger partial charge in [-0.3, -0.25) is 19.2 Å². The van der Waals surface area contributed by atoms with Gasteiger partial charge in [0.15, 0.2) is 23.6 Å². The molecule has 2 bridgehead atoms. The van der Waals surface area contributed by atoms with Gasteiger partial charge in [-0.15, -0.1) is 0 Å². The number of hydrogen-bond donors (Lipinski definition) is 8. The topological polar surface area (TPSA) is 302 Å². The fourth-order valence-corrected chi connectivity index (χ4v) is 10.2. The Hall–Kier alpha value is -5.68. The van der Waals surface area contributed by atoms with Gasteiger partial charge < -0.3 is 63.5 Å². The lowest BCUT2D eigenvalue weighted by atomic mass is 9.44. The molecule has 8 N–H and O–H groups in total. The zero-order valence-electron chi connectivity index (χ0n) is 37.5. The maximum Gasteiger partial charge on any atom is 0.668 e. The Balaban J connectivity index is 0.00000141. The molecule has 0 radical (unpaired) electrons. The number of ether oxygens (including phenoxy) is 5. The van der Waals surface area contributed by atoms with Crippen LogP contribution in [0, 0.1) is 16.7 Å². The Bertz CT molecular complexity index is 2390. The van der Waals surface area contributed by atoms with Crippen LogP contribution in [0.4, 0.5) is 0 Å². The molecule has 19 nitrogen and oxygen atoms in total. The molecule has 1 saturated heterocycles. The van der Waals surface area contributed by atoms with Gasteiger partial charge in [0.1, 0.15) is 23.9 Å². The van der Waals surface area contributed by atoms with Crippen LogP contribution >= 0.6 is 0 Å². The van der Waals surface area contributed by atoms with E-state index in [9.17, 15) is 39.3 Å². The van der Waals surface area contributed by atoms with Crippen LogP contribution in [0.1, 0.15) is 86.7 Å². The van der Waals surface area contributed by atoms with Crippen molar-refractivity contribution in [2.24, 2.45) is 16.7 Å². The van der Waals surface area contributed by atoms with Crippen molar-refractivity contribution in [2.75, 3.05) is 6.61 Å². The summed E-state index contributed by atoms with van der Waals surface area (Å²) in [6.07, 6.45) is -10.5. The number of fused-ring (bicyclic) bond motifs is 5. The second-order valence-electron chi connectivity index (χ2n) is 18.0. The monoisotopic (exact) mass is 949 g/mol. The van der Waals surface area contributed by atoms with Crippen LogP contribution in [0.3, 0.4) is 0 Å². The second-order valence-corrected chi connectivity index (χ2v) is 19.2. The molecule has 3 aromatic carbocycles. The molecule has 7 rings (SSSR count). The average Bonchev–Trinajstić information content (AvgIpc) is 3.26. The zero-order chi connectivity index (χ0) is 49.4. The van der Waals surface area contributed by atoms with E-state index in [1.165, 1.54) is 26.0 Å². The summed E-state index contributed by atoms with van der Waals surface area (Å²) in [6, 6.07) is 22.9. The smallest absolute Gasteiger partial charge is 0.456 e. The van der Waals surface area contributed by atoms with Crippen molar-refractivity contribution < 1.29 is 87.0 Å². The fourth-order valence-electron chi connectivity index (χ4n) is 10.2. The molecular weight excluding hydrogens is 895 g/mol. The molecule has 3 aliphatic carbocycles. The van der Waals surface area contributed by atoms with Gasteiger partial charge in [-0.2, -0.15) is 0 Å². The van der Waals surface area contributed by atoms with E-state index in [0.717, 1.165) is 13.8 Å². The number of ketones is 1. The highest BCUT2D eigenvalue weighted by Gasteiger charge is 2.78. The normalized spacial score (nSPS) is 30.4. The van der Waals surface area contributed by atoms with Crippen LogP contribution in [0.2, 0.25) is 0 Å². The van der Waals surface area contributed by atoms with Crippen molar-refractivity contribution >= 4 is 44.6 Å². The van der Waals surface area contributed by atoms with Crippen molar-refractivity contribution in [1.82, 2.24) is 5.32 Å². The van der Waals surface area contributed by atoms with Gasteiger partial charge in [-0.05, 0) is 54.8 Å². The molecule has 360 valence electrons. The molecule has 11 atom stereocenters. The van der Waals surface area contributed by atoms with Gasteiger partial charge in [-0.25, -0.2) is 9.59 Å². The Labute approximate surface area is 386 Å². The Morgan fingerprint density at radius 3 is 1.85 bits per heavy atom. The van der Waals surface area contributed by atoms with E-state index in [4.69, 9.17) is 42.9 Å². The lowest BCUT2D eigenvalue weighted by Crippen LogP contribution is -2.82. The summed E-state index contributed by atoms with van der Waals surface area (Å²) in [7, 11) is -4.61. The summed E-state index contributed by atoms with van der Waals surface area (Å²) < 4.78 is 30.3. The zero-order valence-corrected chi connectivity index (χ0v) is 38.5. The second kappa shape index (κ2) is 19.1. The van der Waals surface area contributed by atoms with Crippen LogP contribution in [0.5, 0.6) is 0 Å². The number of carbonyl (C=O) groups excluding carboxylic acids is 6. The van der Waals surface area contributed by atoms with Crippen LogP contribution < -0.4 is 5.32 Å². The number of esters is 4. The lowest BCUT2D eigenvalue weighted by Gasteiger charge is -2.67. The Kier molecular flexibility index (Phi) is 14.5. The van der Waals surface area contributed by atoms with E-state index in [1.807, 2.05) is 0 Å². The highest BCUT2D eigenvalue weighted by molar-refractivity contribution is 6.46. The van der Waals surface area contributed by atoms with Gasteiger partial charge in [0.25, 0.3) is 5.91 Å². The number of hydrogen-bond acceptors (Lipinski definition) is 18. The third-order valence-electron chi connectivity index (χ3n) is 13.5. The predicted octanol–water partition coefficient (Wildman–Crippen LogP) is 1.13. The maximum atomic E-state index is 15.5. The molecule has 0 unspecified atom stereocenters. The van der Waals surface area contributed by atoms with E-state index < -0.39 is 122 Å². The minimum Gasteiger partial charge on any atom is -0.456 e. The maximum absolute atomic E-state index is 15.5. The summed E-state index contributed by atoms with van der Waals surface area (Å²) >= 11 is 0. The van der Waals surface area contributed by atoms with E-state index in [-0.39, 0.29) is 35.3 Å². The molecule has 0 spiro atoms. The van der Waals surface area contributed by atoms with E-state index in [2.05, 4.69) is 5.32 Å². The minimum absolute atomic E-state index is 0.00289. The SMILES string of the molecule is CC(=O)O[C@H]1C(=O)[C@@]2(C)[C@H]([C@H](OC(=O)c3ccccc3)[C@]3(O)C[C@H](OC(=O)[C@H](O)[C@@H](NC(=O)c4ccccc4)c4ccccc4)C(C)=C1C3(C)C)[C@]1(OC(C)=O)CO[C@@H]1C[C@@H]2O.O[Si](O)(O)O. The number of rotatable bonds is 10. The average molecular weight is 950 g/mol. The summed E-state index contributed by atoms with van der Waals surface area (Å²) in [4.78, 5) is 113. The first-order chi connectivity index (χ1) is 31.3. The van der Waals surface area contributed by atoms with Crippen LogP contribution in [0.25, 0.3) is 0 Å². The first-order valence-electron chi connectivity index (χ1n) is 21.4. The largest absolute Gasteiger partial charge is 0.668 e. The van der Waals surface area contributed by atoms with Crippen molar-refractivity contribution in [3.05, 3.63) is 119 Å². The molecule has 1 heterocycles. The molecular formula is C47H55NO18Si. The Morgan fingerprint density at radius 2 is 1.34 bits per heavy atom. The van der Waals surface area contributed by atoms with Crippen LogP contribution in [-0.4, -0.2) is 134 Å². The van der Waals surface area contributed by atoms with Crippen molar-refractivity contribution in [3.8, 4) is 0 Å². The van der Waals surface area contributed by atoms with Crippen LogP contribution in [-0.2, 0) is 42.9 Å².